The topological polar surface area (TPSA) is 99.3 Å². The fourth-order valence-corrected chi connectivity index (χ4v) is 2.33. The van der Waals surface area contributed by atoms with Crippen molar-refractivity contribution in [2.75, 3.05) is 7.11 Å². The summed E-state index contributed by atoms with van der Waals surface area (Å²) in [4.78, 5) is 22.9. The maximum absolute atomic E-state index is 12.5. The molecule has 25 heavy (non-hydrogen) atoms. The molecule has 0 radical (unpaired) electrons. The van der Waals surface area contributed by atoms with Gasteiger partial charge in [-0.2, -0.15) is 5.10 Å². The van der Waals surface area contributed by atoms with Crippen LogP contribution in [-0.2, 0) is 19.0 Å². The van der Waals surface area contributed by atoms with Gasteiger partial charge in [0.2, 0.25) is 0 Å². The molecule has 0 aliphatic rings. The van der Waals surface area contributed by atoms with E-state index in [1.54, 1.807) is 13.1 Å². The Balaban J connectivity index is 2.19. The molecule has 0 spiro atoms. The molecule has 0 fully saturated rings. The van der Waals surface area contributed by atoms with E-state index in [1.807, 2.05) is 20.8 Å². The molecule has 1 aromatic heterocycles. The van der Waals surface area contributed by atoms with Crippen molar-refractivity contribution in [1.82, 2.24) is 15.1 Å². The van der Waals surface area contributed by atoms with Crippen LogP contribution in [-0.4, -0.2) is 27.7 Å². The van der Waals surface area contributed by atoms with Gasteiger partial charge in [0.25, 0.3) is 11.6 Å². The number of nitrogens with zero attached hydrogens (tertiary/aromatic N) is 3. The van der Waals surface area contributed by atoms with Gasteiger partial charge in [-0.1, -0.05) is 20.8 Å². The van der Waals surface area contributed by atoms with Crippen LogP contribution in [0.15, 0.2) is 24.3 Å². The number of ether oxygens (including phenoxy) is 1. The summed E-state index contributed by atoms with van der Waals surface area (Å²) in [6.07, 6.45) is 0. The number of amides is 1. The third-order valence-electron chi connectivity index (χ3n) is 3.80. The van der Waals surface area contributed by atoms with Crippen molar-refractivity contribution in [2.24, 2.45) is 7.05 Å². The van der Waals surface area contributed by atoms with Gasteiger partial charge in [-0.05, 0) is 12.1 Å². The van der Waals surface area contributed by atoms with Crippen molar-refractivity contribution in [3.63, 3.8) is 0 Å². The SMILES string of the molecule is COc1ccc([N+](=O)[O-])cc1CNC(=O)c1cc(C(C)(C)C)nn1C. The van der Waals surface area contributed by atoms with Gasteiger partial charge in [-0.3, -0.25) is 19.6 Å². The maximum Gasteiger partial charge on any atom is 0.270 e. The molecule has 0 atom stereocenters. The number of rotatable bonds is 5. The van der Waals surface area contributed by atoms with E-state index in [-0.39, 0.29) is 23.6 Å². The Kier molecular flexibility index (Phi) is 5.10. The quantitative estimate of drug-likeness (QED) is 0.662. The summed E-state index contributed by atoms with van der Waals surface area (Å²) in [7, 11) is 3.18. The highest BCUT2D eigenvalue weighted by molar-refractivity contribution is 5.92. The minimum absolute atomic E-state index is 0.0550. The lowest BCUT2D eigenvalue weighted by atomic mass is 9.92. The first-order valence-electron chi connectivity index (χ1n) is 7.77. The van der Waals surface area contributed by atoms with Crippen LogP contribution in [0.2, 0.25) is 0 Å². The summed E-state index contributed by atoms with van der Waals surface area (Å²) in [6, 6.07) is 6.02. The third-order valence-corrected chi connectivity index (χ3v) is 3.80. The van der Waals surface area contributed by atoms with Crippen LogP contribution in [0.5, 0.6) is 5.75 Å². The van der Waals surface area contributed by atoms with E-state index >= 15 is 0 Å². The van der Waals surface area contributed by atoms with Crippen molar-refractivity contribution in [2.45, 2.75) is 32.7 Å². The molecule has 8 nitrogen and oxygen atoms in total. The molecular formula is C17H22N4O4. The van der Waals surface area contributed by atoms with Gasteiger partial charge >= 0.3 is 0 Å². The summed E-state index contributed by atoms with van der Waals surface area (Å²) in [5, 5.41) is 18.0. The lowest BCUT2D eigenvalue weighted by Crippen LogP contribution is -2.25. The molecule has 2 aromatic rings. The molecule has 0 unspecified atom stereocenters. The van der Waals surface area contributed by atoms with Gasteiger partial charge in [-0.15, -0.1) is 0 Å². The predicted octanol–water partition coefficient (Wildman–Crippen LogP) is 2.56. The maximum atomic E-state index is 12.5. The number of nitro groups is 1. The Bertz CT molecular complexity index is 805. The number of benzene rings is 1. The van der Waals surface area contributed by atoms with Crippen LogP contribution >= 0.6 is 0 Å². The second-order valence-corrected chi connectivity index (χ2v) is 6.72. The first-order chi connectivity index (χ1) is 11.6. The summed E-state index contributed by atoms with van der Waals surface area (Å²) >= 11 is 0. The zero-order chi connectivity index (χ0) is 18.8. The molecule has 0 aliphatic heterocycles. The van der Waals surface area contributed by atoms with Crippen molar-refractivity contribution in [3.8, 4) is 5.75 Å². The van der Waals surface area contributed by atoms with E-state index < -0.39 is 4.92 Å². The standard InChI is InChI=1S/C17H22N4O4/c1-17(2,3)15-9-13(20(4)19-15)16(22)18-10-11-8-12(21(23)24)6-7-14(11)25-5/h6-9H,10H2,1-5H3,(H,18,22). The molecule has 1 heterocycles. The zero-order valence-electron chi connectivity index (χ0n) is 15.0. The first-order valence-corrected chi connectivity index (χ1v) is 7.77. The number of nitro benzene ring substituents is 1. The first kappa shape index (κ1) is 18.4. The monoisotopic (exact) mass is 346 g/mol. The summed E-state index contributed by atoms with van der Waals surface area (Å²) < 4.78 is 6.73. The van der Waals surface area contributed by atoms with E-state index in [4.69, 9.17) is 4.74 Å². The van der Waals surface area contributed by atoms with Crippen LogP contribution in [0.4, 0.5) is 5.69 Å². The molecule has 0 bridgehead atoms. The molecule has 134 valence electrons. The van der Waals surface area contributed by atoms with Gasteiger partial charge in [-0.25, -0.2) is 0 Å². The molecular weight excluding hydrogens is 324 g/mol. The number of carbonyl (C=O) groups is 1. The van der Waals surface area contributed by atoms with Crippen LogP contribution < -0.4 is 10.1 Å². The highest BCUT2D eigenvalue weighted by Crippen LogP contribution is 2.24. The Hall–Kier alpha value is -2.90. The fourth-order valence-electron chi connectivity index (χ4n) is 2.33. The van der Waals surface area contributed by atoms with Crippen LogP contribution in [0.1, 0.15) is 42.5 Å². The molecule has 0 saturated carbocycles. The van der Waals surface area contributed by atoms with Crippen molar-refractivity contribution < 1.29 is 14.5 Å². The Labute approximate surface area is 145 Å². The molecule has 1 amide bonds. The van der Waals surface area contributed by atoms with Crippen molar-refractivity contribution in [3.05, 3.63) is 51.3 Å². The molecule has 1 N–H and O–H groups in total. The minimum Gasteiger partial charge on any atom is -0.496 e. The van der Waals surface area contributed by atoms with E-state index in [2.05, 4.69) is 10.4 Å². The molecule has 8 heteroatoms. The van der Waals surface area contributed by atoms with Crippen LogP contribution in [0.25, 0.3) is 0 Å². The minimum atomic E-state index is -0.485. The number of non-ortho nitro benzene ring substituents is 1. The predicted molar refractivity (Wildman–Crippen MR) is 92.7 cm³/mol. The average molecular weight is 346 g/mol. The Morgan fingerprint density at radius 3 is 2.56 bits per heavy atom. The number of hydrogen-bond acceptors (Lipinski definition) is 5. The van der Waals surface area contributed by atoms with Crippen molar-refractivity contribution >= 4 is 11.6 Å². The average Bonchev–Trinajstić information content (AvgIpc) is 2.94. The van der Waals surface area contributed by atoms with E-state index in [0.717, 1.165) is 5.69 Å². The molecule has 2 rings (SSSR count). The van der Waals surface area contributed by atoms with Gasteiger partial charge in [0.05, 0.1) is 17.7 Å². The number of aromatic nitrogens is 2. The lowest BCUT2D eigenvalue weighted by molar-refractivity contribution is -0.384. The second kappa shape index (κ2) is 6.92. The second-order valence-electron chi connectivity index (χ2n) is 6.72. The third kappa shape index (κ3) is 4.14. The Morgan fingerprint density at radius 2 is 2.04 bits per heavy atom. The molecule has 0 saturated heterocycles. The summed E-state index contributed by atoms with van der Waals surface area (Å²) in [5.74, 6) is 0.172. The number of methoxy groups -OCH3 is 1. The number of nitrogens with one attached hydrogen (secondary N) is 1. The summed E-state index contributed by atoms with van der Waals surface area (Å²) in [6.45, 7) is 6.17. The normalized spacial score (nSPS) is 11.2. The van der Waals surface area contributed by atoms with E-state index in [9.17, 15) is 14.9 Å². The van der Waals surface area contributed by atoms with Gasteiger partial charge in [0, 0.05) is 36.7 Å². The van der Waals surface area contributed by atoms with Gasteiger partial charge in [0.15, 0.2) is 0 Å². The van der Waals surface area contributed by atoms with Crippen molar-refractivity contribution in [1.29, 1.82) is 0 Å². The van der Waals surface area contributed by atoms with Gasteiger partial charge < -0.3 is 10.1 Å². The van der Waals surface area contributed by atoms with E-state index in [0.29, 0.717) is 17.0 Å². The number of hydrogen-bond donors (Lipinski definition) is 1. The summed E-state index contributed by atoms with van der Waals surface area (Å²) in [5.41, 5.74) is 1.55. The van der Waals surface area contributed by atoms with Crippen LogP contribution in [0, 0.1) is 10.1 Å². The highest BCUT2D eigenvalue weighted by atomic mass is 16.6. The smallest absolute Gasteiger partial charge is 0.270 e. The molecule has 1 aromatic carbocycles. The highest BCUT2D eigenvalue weighted by Gasteiger charge is 2.22. The van der Waals surface area contributed by atoms with Crippen LogP contribution in [0.3, 0.4) is 0 Å². The largest absolute Gasteiger partial charge is 0.496 e. The lowest BCUT2D eigenvalue weighted by Gasteiger charge is -2.13. The van der Waals surface area contributed by atoms with Gasteiger partial charge in [0.1, 0.15) is 11.4 Å². The zero-order valence-corrected chi connectivity index (χ0v) is 15.0. The fraction of sp³-hybridized carbons (Fsp3) is 0.412. The number of aryl methyl sites for hydroxylation is 1. The van der Waals surface area contributed by atoms with E-state index in [1.165, 1.54) is 30.0 Å². The number of carbonyl (C=O) groups excluding carboxylic acids is 1. The Morgan fingerprint density at radius 1 is 1.36 bits per heavy atom. The molecule has 0 aliphatic carbocycles.